The van der Waals surface area contributed by atoms with Crippen LogP contribution in [-0.4, -0.2) is 44.5 Å². The van der Waals surface area contributed by atoms with Gasteiger partial charge in [0.1, 0.15) is 12.4 Å². The minimum absolute atomic E-state index is 0.148. The quantitative estimate of drug-likeness (QED) is 0.656. The van der Waals surface area contributed by atoms with Crippen LogP contribution < -0.4 is 10.1 Å². The van der Waals surface area contributed by atoms with Gasteiger partial charge in [0.2, 0.25) is 15.9 Å². The third-order valence-electron chi connectivity index (χ3n) is 5.16. The van der Waals surface area contributed by atoms with Crippen molar-refractivity contribution < 1.29 is 17.9 Å². The van der Waals surface area contributed by atoms with Gasteiger partial charge < -0.3 is 10.1 Å². The van der Waals surface area contributed by atoms with Crippen LogP contribution in [0.4, 0.5) is 0 Å². The molecule has 0 unspecified atom stereocenters. The van der Waals surface area contributed by atoms with Crippen molar-refractivity contribution in [2.24, 2.45) is 5.92 Å². The van der Waals surface area contributed by atoms with Crippen LogP contribution in [0.15, 0.2) is 60.7 Å². The Labute approximate surface area is 178 Å². The Balaban J connectivity index is 1.39. The van der Waals surface area contributed by atoms with Crippen LogP contribution in [0.1, 0.15) is 24.0 Å². The maximum Gasteiger partial charge on any atom is 0.244 e. The van der Waals surface area contributed by atoms with Gasteiger partial charge in [-0.15, -0.1) is 0 Å². The lowest BCUT2D eigenvalue weighted by atomic mass is 9.98. The lowest BCUT2D eigenvalue weighted by molar-refractivity contribution is -0.116. The van der Waals surface area contributed by atoms with Gasteiger partial charge >= 0.3 is 0 Å². The van der Waals surface area contributed by atoms with Crippen molar-refractivity contribution in [1.82, 2.24) is 9.62 Å². The van der Waals surface area contributed by atoms with Crippen LogP contribution in [0.2, 0.25) is 0 Å². The van der Waals surface area contributed by atoms with E-state index in [0.717, 1.165) is 29.7 Å². The first kappa shape index (κ1) is 22.1. The number of benzene rings is 2. The highest BCUT2D eigenvalue weighted by atomic mass is 32.2. The summed E-state index contributed by atoms with van der Waals surface area (Å²) in [6, 6.07) is 17.6. The second-order valence-corrected chi connectivity index (χ2v) is 9.51. The Morgan fingerprint density at radius 1 is 1.10 bits per heavy atom. The number of hydrogen-bond acceptors (Lipinski definition) is 4. The number of nitrogens with one attached hydrogen (secondary N) is 1. The molecule has 0 bridgehead atoms. The fourth-order valence-corrected chi connectivity index (χ4v) is 4.21. The van der Waals surface area contributed by atoms with E-state index in [4.69, 9.17) is 4.74 Å². The van der Waals surface area contributed by atoms with Crippen LogP contribution in [0.25, 0.3) is 6.08 Å². The molecule has 0 aliphatic carbocycles. The first-order valence-corrected chi connectivity index (χ1v) is 11.9. The van der Waals surface area contributed by atoms with Gasteiger partial charge in [0.25, 0.3) is 0 Å². The summed E-state index contributed by atoms with van der Waals surface area (Å²) in [6.45, 7) is 2.12. The van der Waals surface area contributed by atoms with Crippen molar-refractivity contribution in [3.8, 4) is 5.75 Å². The molecular weight excluding hydrogens is 400 g/mol. The molecule has 0 aromatic heterocycles. The summed E-state index contributed by atoms with van der Waals surface area (Å²) in [4.78, 5) is 12.1. The van der Waals surface area contributed by atoms with E-state index in [1.54, 1.807) is 6.08 Å². The molecule has 3 rings (SSSR count). The Kier molecular flexibility index (Phi) is 7.65. The number of sulfonamides is 1. The molecule has 30 heavy (non-hydrogen) atoms. The largest absolute Gasteiger partial charge is 0.489 e. The van der Waals surface area contributed by atoms with Crippen LogP contribution in [0, 0.1) is 5.92 Å². The van der Waals surface area contributed by atoms with E-state index in [-0.39, 0.29) is 5.91 Å². The van der Waals surface area contributed by atoms with Gasteiger partial charge in [-0.2, -0.15) is 0 Å². The van der Waals surface area contributed by atoms with E-state index < -0.39 is 10.0 Å². The molecule has 1 N–H and O–H groups in total. The Bertz CT molecular complexity index is 948. The average molecular weight is 429 g/mol. The zero-order valence-corrected chi connectivity index (χ0v) is 18.0. The normalized spacial score (nSPS) is 15.9. The fraction of sp³-hybridized carbons (Fsp3) is 0.348. The number of carbonyl (C=O) groups is 1. The highest BCUT2D eigenvalue weighted by molar-refractivity contribution is 7.88. The summed E-state index contributed by atoms with van der Waals surface area (Å²) < 4.78 is 30.3. The molecule has 0 radical (unpaired) electrons. The summed E-state index contributed by atoms with van der Waals surface area (Å²) in [5.74, 6) is 0.937. The van der Waals surface area contributed by atoms with Crippen LogP contribution >= 0.6 is 0 Å². The number of amides is 1. The van der Waals surface area contributed by atoms with Gasteiger partial charge in [-0.1, -0.05) is 42.5 Å². The predicted molar refractivity (Wildman–Crippen MR) is 118 cm³/mol. The monoisotopic (exact) mass is 428 g/mol. The fourth-order valence-electron chi connectivity index (χ4n) is 3.34. The zero-order valence-electron chi connectivity index (χ0n) is 17.2. The summed E-state index contributed by atoms with van der Waals surface area (Å²) in [5, 5.41) is 2.91. The van der Waals surface area contributed by atoms with Gasteiger partial charge in [-0.25, -0.2) is 12.7 Å². The zero-order chi connectivity index (χ0) is 21.4. The topological polar surface area (TPSA) is 75.7 Å². The maximum absolute atomic E-state index is 12.1. The molecule has 1 aliphatic heterocycles. The number of carbonyl (C=O) groups excluding carboxylic acids is 1. The van der Waals surface area contributed by atoms with Crippen molar-refractivity contribution >= 4 is 22.0 Å². The van der Waals surface area contributed by atoms with Crippen molar-refractivity contribution in [1.29, 1.82) is 0 Å². The predicted octanol–water partition coefficient (Wildman–Crippen LogP) is 3.07. The number of piperidine rings is 1. The van der Waals surface area contributed by atoms with E-state index in [1.807, 2.05) is 54.6 Å². The first-order chi connectivity index (χ1) is 14.4. The number of rotatable bonds is 8. The van der Waals surface area contributed by atoms with Gasteiger partial charge in [0.15, 0.2) is 0 Å². The minimum Gasteiger partial charge on any atom is -0.489 e. The van der Waals surface area contributed by atoms with Crippen LogP contribution in [-0.2, 0) is 21.4 Å². The van der Waals surface area contributed by atoms with Crippen molar-refractivity contribution in [3.63, 3.8) is 0 Å². The van der Waals surface area contributed by atoms with Crippen LogP contribution in [0.5, 0.6) is 5.75 Å². The number of ether oxygens (including phenoxy) is 1. The highest BCUT2D eigenvalue weighted by Crippen LogP contribution is 2.18. The maximum atomic E-state index is 12.1. The Morgan fingerprint density at radius 2 is 1.77 bits per heavy atom. The molecule has 1 fully saturated rings. The lowest BCUT2D eigenvalue weighted by Gasteiger charge is -2.30. The van der Waals surface area contributed by atoms with Crippen molar-refractivity contribution in [3.05, 3.63) is 71.8 Å². The molecule has 0 saturated carbocycles. The summed E-state index contributed by atoms with van der Waals surface area (Å²) in [6.07, 6.45) is 6.05. The number of nitrogens with zero attached hydrogens (tertiary/aromatic N) is 1. The highest BCUT2D eigenvalue weighted by Gasteiger charge is 2.24. The van der Waals surface area contributed by atoms with E-state index in [2.05, 4.69) is 5.32 Å². The average Bonchev–Trinajstić information content (AvgIpc) is 2.76. The van der Waals surface area contributed by atoms with Gasteiger partial charge in [-0.05, 0) is 48.1 Å². The van der Waals surface area contributed by atoms with E-state index in [1.165, 1.54) is 16.6 Å². The molecule has 1 saturated heterocycles. The molecule has 7 heteroatoms. The van der Waals surface area contributed by atoms with Gasteiger partial charge in [0.05, 0.1) is 6.26 Å². The summed E-state index contributed by atoms with van der Waals surface area (Å²) in [7, 11) is -3.12. The smallest absolute Gasteiger partial charge is 0.244 e. The first-order valence-electron chi connectivity index (χ1n) is 10.1. The van der Waals surface area contributed by atoms with Crippen molar-refractivity contribution in [2.45, 2.75) is 19.4 Å². The second-order valence-electron chi connectivity index (χ2n) is 7.53. The molecule has 1 amide bonds. The summed E-state index contributed by atoms with van der Waals surface area (Å²) in [5.41, 5.74) is 2.03. The molecule has 2 aromatic rings. The van der Waals surface area contributed by atoms with E-state index in [9.17, 15) is 13.2 Å². The molecule has 2 aromatic carbocycles. The lowest BCUT2D eigenvalue weighted by Crippen LogP contribution is -2.40. The standard InChI is InChI=1S/C23H28N2O4S/c1-30(27,28)25-15-13-20(14-16-25)17-24-23(26)12-9-19-7-10-22(11-8-19)29-18-21-5-3-2-4-6-21/h2-12,20H,13-18H2,1H3,(H,24,26)/b12-9+. The van der Waals surface area contributed by atoms with Gasteiger partial charge in [0, 0.05) is 25.7 Å². The van der Waals surface area contributed by atoms with E-state index in [0.29, 0.717) is 32.2 Å². The Hall–Kier alpha value is -2.64. The Morgan fingerprint density at radius 3 is 2.40 bits per heavy atom. The second kappa shape index (κ2) is 10.4. The molecule has 0 spiro atoms. The molecule has 0 atom stereocenters. The third-order valence-corrected chi connectivity index (χ3v) is 6.47. The summed E-state index contributed by atoms with van der Waals surface area (Å²) >= 11 is 0. The molecule has 160 valence electrons. The molecular formula is C23H28N2O4S. The molecule has 1 heterocycles. The molecule has 1 aliphatic rings. The van der Waals surface area contributed by atoms with Crippen molar-refractivity contribution in [2.75, 3.05) is 25.9 Å². The van der Waals surface area contributed by atoms with E-state index >= 15 is 0 Å². The minimum atomic E-state index is -3.12. The molecule has 6 nitrogen and oxygen atoms in total. The third kappa shape index (κ3) is 7.00. The van der Waals surface area contributed by atoms with Crippen LogP contribution in [0.3, 0.4) is 0 Å². The van der Waals surface area contributed by atoms with Gasteiger partial charge in [-0.3, -0.25) is 4.79 Å². The SMILES string of the molecule is CS(=O)(=O)N1CCC(CNC(=O)/C=C/c2ccc(OCc3ccccc3)cc2)CC1. The number of hydrogen-bond donors (Lipinski definition) is 1.